The van der Waals surface area contributed by atoms with E-state index in [2.05, 4.69) is 157 Å². The average molecular weight is 686 g/mol. The fourth-order valence-electron chi connectivity index (χ4n) is 11.8. The summed E-state index contributed by atoms with van der Waals surface area (Å²) >= 11 is 1.90. The average Bonchev–Trinajstić information content (AvgIpc) is 3.70. The Bertz CT molecular complexity index is 2680. The van der Waals surface area contributed by atoms with Crippen LogP contribution >= 0.6 is 11.3 Å². The highest BCUT2D eigenvalue weighted by Crippen LogP contribution is 2.69. The van der Waals surface area contributed by atoms with Crippen LogP contribution in [0, 0.1) is 23.7 Å². The zero-order valence-corrected chi connectivity index (χ0v) is 30.0. The van der Waals surface area contributed by atoms with Crippen molar-refractivity contribution in [2.45, 2.75) is 37.5 Å². The van der Waals surface area contributed by atoms with E-state index >= 15 is 0 Å². The predicted molar refractivity (Wildman–Crippen MR) is 220 cm³/mol. The Morgan fingerprint density at radius 3 is 1.92 bits per heavy atom. The molecule has 2 heteroatoms. The van der Waals surface area contributed by atoms with Crippen molar-refractivity contribution in [3.63, 3.8) is 0 Å². The quantitative estimate of drug-likeness (QED) is 0.178. The first-order valence-electron chi connectivity index (χ1n) is 19.3. The van der Waals surface area contributed by atoms with Gasteiger partial charge in [0.05, 0.1) is 5.69 Å². The Labute approximate surface area is 309 Å². The van der Waals surface area contributed by atoms with E-state index in [1.165, 1.54) is 102 Å². The van der Waals surface area contributed by atoms with Crippen LogP contribution in [0.25, 0.3) is 53.2 Å². The van der Waals surface area contributed by atoms with Gasteiger partial charge in [-0.05, 0) is 137 Å². The van der Waals surface area contributed by atoms with Crippen molar-refractivity contribution >= 4 is 59.3 Å². The van der Waals surface area contributed by atoms with Gasteiger partial charge >= 0.3 is 0 Å². The molecule has 1 nitrogen and oxygen atoms in total. The highest BCUT2D eigenvalue weighted by atomic mass is 32.1. The zero-order chi connectivity index (χ0) is 34.0. The van der Waals surface area contributed by atoms with Crippen LogP contribution in [0.5, 0.6) is 0 Å². The summed E-state index contributed by atoms with van der Waals surface area (Å²) in [5.41, 5.74) is 12.5. The van der Waals surface area contributed by atoms with E-state index in [1.807, 2.05) is 11.3 Å². The minimum atomic E-state index is 0.131. The van der Waals surface area contributed by atoms with Crippen molar-refractivity contribution in [2.24, 2.45) is 23.7 Å². The van der Waals surface area contributed by atoms with E-state index in [4.69, 9.17) is 0 Å². The molecule has 0 unspecified atom stereocenters. The summed E-state index contributed by atoms with van der Waals surface area (Å²) in [5.74, 6) is 3.33. The smallest absolute Gasteiger partial charge is 0.0540 e. The van der Waals surface area contributed by atoms with Crippen LogP contribution in [0.15, 0.2) is 152 Å². The first-order valence-corrected chi connectivity index (χ1v) is 20.1. The van der Waals surface area contributed by atoms with E-state index in [9.17, 15) is 0 Å². The molecule has 250 valence electrons. The van der Waals surface area contributed by atoms with Gasteiger partial charge in [-0.25, -0.2) is 0 Å². The molecule has 7 aromatic carbocycles. The summed E-state index contributed by atoms with van der Waals surface area (Å²) < 4.78 is 2.67. The number of rotatable bonds is 4. The normalized spacial score (nSPS) is 23.8. The van der Waals surface area contributed by atoms with Crippen LogP contribution < -0.4 is 4.90 Å². The lowest BCUT2D eigenvalue weighted by Crippen LogP contribution is -2.55. The number of hydrogen-bond acceptors (Lipinski definition) is 2. The number of anilines is 3. The molecule has 0 atom stereocenters. The monoisotopic (exact) mass is 685 g/mol. The van der Waals surface area contributed by atoms with Gasteiger partial charge in [-0.2, -0.15) is 0 Å². The van der Waals surface area contributed by atoms with Gasteiger partial charge in [-0.1, -0.05) is 109 Å². The van der Waals surface area contributed by atoms with Crippen molar-refractivity contribution in [3.8, 4) is 22.3 Å². The van der Waals surface area contributed by atoms with Gasteiger partial charge in [0.25, 0.3) is 0 Å². The molecule has 1 spiro atoms. The molecule has 13 rings (SSSR count). The van der Waals surface area contributed by atoms with Crippen molar-refractivity contribution in [1.82, 2.24) is 0 Å². The molecule has 0 saturated heterocycles. The lowest BCUT2D eigenvalue weighted by molar-refractivity contribution is -0.0399. The summed E-state index contributed by atoms with van der Waals surface area (Å²) in [6.07, 6.45) is 7.05. The van der Waals surface area contributed by atoms with Gasteiger partial charge in [-0.15, -0.1) is 11.3 Å². The van der Waals surface area contributed by atoms with Crippen LogP contribution in [0.1, 0.15) is 43.2 Å². The molecule has 0 amide bonds. The fraction of sp³-hybridized carbons (Fsp3) is 0.200. The number of nitrogens with zero attached hydrogens (tertiary/aromatic N) is 1. The maximum Gasteiger partial charge on any atom is 0.0540 e. The van der Waals surface area contributed by atoms with Crippen molar-refractivity contribution in [3.05, 3.63) is 163 Å². The molecule has 5 aliphatic rings. The number of hydrogen-bond donors (Lipinski definition) is 0. The van der Waals surface area contributed by atoms with E-state index in [0.29, 0.717) is 0 Å². The van der Waals surface area contributed by atoms with E-state index in [1.54, 1.807) is 11.1 Å². The van der Waals surface area contributed by atoms with Crippen molar-refractivity contribution in [2.75, 3.05) is 4.90 Å². The third kappa shape index (κ3) is 4.05. The molecule has 5 aliphatic carbocycles. The van der Waals surface area contributed by atoms with Crippen LogP contribution in [0.2, 0.25) is 0 Å². The van der Waals surface area contributed by atoms with Gasteiger partial charge in [-0.3, -0.25) is 0 Å². The van der Waals surface area contributed by atoms with Crippen LogP contribution in [0.3, 0.4) is 0 Å². The fourth-order valence-corrected chi connectivity index (χ4v) is 13.0. The van der Waals surface area contributed by atoms with Crippen LogP contribution in [-0.4, -0.2) is 0 Å². The largest absolute Gasteiger partial charge is 0.310 e. The molecule has 0 aliphatic heterocycles. The molecule has 1 aromatic heterocycles. The third-order valence-corrected chi connectivity index (χ3v) is 14.8. The number of fused-ring (bicyclic) bond motifs is 7. The second-order valence-electron chi connectivity index (χ2n) is 16.1. The minimum Gasteiger partial charge on any atom is -0.310 e. The molecule has 8 aromatic rings. The Hall–Kier alpha value is -5.18. The Morgan fingerprint density at radius 2 is 1.10 bits per heavy atom. The minimum absolute atomic E-state index is 0.131. The summed E-state index contributed by atoms with van der Waals surface area (Å²) in [6, 6.07) is 57.7. The Morgan fingerprint density at radius 1 is 0.462 bits per heavy atom. The Balaban J connectivity index is 1.10. The molecule has 0 radical (unpaired) electrons. The van der Waals surface area contributed by atoms with Crippen molar-refractivity contribution in [1.29, 1.82) is 0 Å². The van der Waals surface area contributed by atoms with Crippen LogP contribution in [-0.2, 0) is 5.41 Å². The van der Waals surface area contributed by atoms with Gasteiger partial charge < -0.3 is 4.90 Å². The Kier molecular flexibility index (Phi) is 6.17. The topological polar surface area (TPSA) is 3.24 Å². The SMILES string of the molecule is c1ccc(-c2ccc3c(c2)-c2cc(N(c4ccc5c(c4)sc4ccccc45)c4cccc5ccccc45)ccc2C32C3CC4CC(C3)CC2C4)cc1. The van der Waals surface area contributed by atoms with E-state index in [-0.39, 0.29) is 5.41 Å². The van der Waals surface area contributed by atoms with Gasteiger partial charge in [0.2, 0.25) is 0 Å². The maximum atomic E-state index is 2.57. The molecule has 4 bridgehead atoms. The molecule has 1 heterocycles. The standard InChI is InChI=1S/C50H39NS/c1-2-9-33(10-3-1)35-17-21-45-43(28-35)44-29-38(19-22-46(44)50(45)36-24-31-23-32(26-36)27-37(50)25-31)51(47-15-8-12-34-11-4-5-13-40(34)47)39-18-20-42-41-14-6-7-16-48(41)52-49(42)30-39/h1-22,28-32,36-37H,23-27H2. The predicted octanol–water partition coefficient (Wildman–Crippen LogP) is 14.1. The summed E-state index contributed by atoms with van der Waals surface area (Å²) in [6.45, 7) is 0. The third-order valence-electron chi connectivity index (χ3n) is 13.6. The molecular weight excluding hydrogens is 647 g/mol. The van der Waals surface area contributed by atoms with Crippen molar-refractivity contribution < 1.29 is 0 Å². The molecular formula is C50H39NS. The van der Waals surface area contributed by atoms with E-state index < -0.39 is 0 Å². The van der Waals surface area contributed by atoms with Gasteiger partial charge in [0, 0.05) is 42.3 Å². The lowest BCUT2D eigenvalue weighted by atomic mass is 9.43. The second-order valence-corrected chi connectivity index (χ2v) is 17.2. The summed E-state index contributed by atoms with van der Waals surface area (Å²) in [7, 11) is 0. The maximum absolute atomic E-state index is 2.57. The highest BCUT2D eigenvalue weighted by molar-refractivity contribution is 7.25. The molecule has 4 fully saturated rings. The van der Waals surface area contributed by atoms with Gasteiger partial charge in [0.1, 0.15) is 0 Å². The number of thiophene rings is 1. The highest BCUT2D eigenvalue weighted by Gasteiger charge is 2.61. The first-order chi connectivity index (χ1) is 25.7. The second kappa shape index (κ2) is 10.9. The molecule has 4 saturated carbocycles. The van der Waals surface area contributed by atoms with E-state index in [0.717, 1.165) is 23.7 Å². The van der Waals surface area contributed by atoms with Crippen LogP contribution in [0.4, 0.5) is 17.1 Å². The summed E-state index contributed by atoms with van der Waals surface area (Å²) in [5, 5.41) is 5.21. The number of benzene rings is 7. The lowest BCUT2D eigenvalue weighted by Gasteiger charge is -2.61. The first kappa shape index (κ1) is 29.4. The summed E-state index contributed by atoms with van der Waals surface area (Å²) in [4.78, 5) is 2.54. The molecule has 52 heavy (non-hydrogen) atoms. The molecule has 0 N–H and O–H groups in total. The van der Waals surface area contributed by atoms with Gasteiger partial charge in [0.15, 0.2) is 0 Å². The zero-order valence-electron chi connectivity index (χ0n) is 29.1.